The molecule has 1 heterocycles. The van der Waals surface area contributed by atoms with Gasteiger partial charge in [0, 0.05) is 6.42 Å². The number of H-pyrrole nitrogens is 1. The minimum Gasteiger partial charge on any atom is -0.307 e. The molecule has 3 N–H and O–H groups in total. The highest BCUT2D eigenvalue weighted by molar-refractivity contribution is 7.89. The summed E-state index contributed by atoms with van der Waals surface area (Å²) in [7, 11) is -3.78. The Hall–Kier alpha value is -2.42. The van der Waals surface area contributed by atoms with Crippen LogP contribution in [0.3, 0.4) is 0 Å². The van der Waals surface area contributed by atoms with E-state index in [1.54, 1.807) is 24.3 Å². The van der Waals surface area contributed by atoms with Crippen LogP contribution in [0.15, 0.2) is 63.0 Å². The van der Waals surface area contributed by atoms with Gasteiger partial charge in [0.1, 0.15) is 5.50 Å². The average Bonchev–Trinajstić information content (AvgIpc) is 2.54. The molecule has 0 aliphatic rings. The number of aromatic nitrogens is 2. The Kier molecular flexibility index (Phi) is 4.51. The van der Waals surface area contributed by atoms with Gasteiger partial charge in [-0.3, -0.25) is 4.79 Å². The van der Waals surface area contributed by atoms with E-state index < -0.39 is 26.8 Å². The summed E-state index contributed by atoms with van der Waals surface area (Å²) in [5.41, 5.74) is -0.923. The van der Waals surface area contributed by atoms with E-state index in [0.717, 1.165) is 4.57 Å². The van der Waals surface area contributed by atoms with Gasteiger partial charge in [-0.2, -0.15) is 0 Å². The van der Waals surface area contributed by atoms with Crippen LogP contribution >= 0.6 is 11.6 Å². The van der Waals surface area contributed by atoms with Gasteiger partial charge in [-0.05, 0) is 29.8 Å². The second kappa shape index (κ2) is 6.47. The van der Waals surface area contributed by atoms with Crippen LogP contribution in [-0.2, 0) is 16.4 Å². The molecular weight excluding hydrogens is 366 g/mol. The molecule has 9 heteroatoms. The van der Waals surface area contributed by atoms with Crippen LogP contribution in [0.2, 0.25) is 0 Å². The lowest BCUT2D eigenvalue weighted by molar-refractivity contribution is 0.597. The fourth-order valence-electron chi connectivity index (χ4n) is 2.53. The number of benzene rings is 2. The first-order valence-corrected chi connectivity index (χ1v) is 9.25. The van der Waals surface area contributed by atoms with Crippen LogP contribution in [-0.4, -0.2) is 18.0 Å². The van der Waals surface area contributed by atoms with Gasteiger partial charge in [0.15, 0.2) is 0 Å². The van der Waals surface area contributed by atoms with E-state index in [-0.39, 0.29) is 11.3 Å². The third-order valence-electron chi connectivity index (χ3n) is 3.77. The van der Waals surface area contributed by atoms with Gasteiger partial charge in [-0.25, -0.2) is 22.9 Å². The van der Waals surface area contributed by atoms with Crippen LogP contribution in [0.1, 0.15) is 11.1 Å². The molecule has 0 radical (unpaired) electrons. The highest BCUT2D eigenvalue weighted by Crippen LogP contribution is 2.18. The molecule has 3 rings (SSSR count). The standard InChI is InChI=1S/C16H14ClN3O4S/c17-14(9-10-5-7-11(8-6-10)25(18,23)24)20-15(21)12-3-1-2-4-13(12)19-16(20)22/h1-8,14H,9H2,(H,19,22)(H2,18,23,24). The summed E-state index contributed by atoms with van der Waals surface area (Å²) in [6.45, 7) is 0. The number of aromatic amines is 1. The van der Waals surface area contributed by atoms with E-state index in [2.05, 4.69) is 4.98 Å². The van der Waals surface area contributed by atoms with Gasteiger partial charge in [-0.1, -0.05) is 35.9 Å². The largest absolute Gasteiger partial charge is 0.330 e. The van der Waals surface area contributed by atoms with Gasteiger partial charge in [0.05, 0.1) is 15.8 Å². The van der Waals surface area contributed by atoms with Gasteiger partial charge in [0.25, 0.3) is 5.56 Å². The fraction of sp³-hybridized carbons (Fsp3) is 0.125. The van der Waals surface area contributed by atoms with Crippen molar-refractivity contribution >= 4 is 32.5 Å². The van der Waals surface area contributed by atoms with Crippen molar-refractivity contribution < 1.29 is 8.42 Å². The monoisotopic (exact) mass is 379 g/mol. The second-order valence-corrected chi connectivity index (χ2v) is 7.54. The summed E-state index contributed by atoms with van der Waals surface area (Å²) in [5, 5.41) is 5.41. The number of hydrogen-bond acceptors (Lipinski definition) is 4. The quantitative estimate of drug-likeness (QED) is 0.665. The number of nitrogens with zero attached hydrogens (tertiary/aromatic N) is 1. The summed E-state index contributed by atoms with van der Waals surface area (Å²) in [4.78, 5) is 27.3. The Bertz CT molecular complexity index is 1150. The third-order valence-corrected chi connectivity index (χ3v) is 5.05. The number of fused-ring (bicyclic) bond motifs is 1. The Morgan fingerprint density at radius 1 is 1.08 bits per heavy atom. The van der Waals surface area contributed by atoms with Crippen molar-refractivity contribution in [1.29, 1.82) is 0 Å². The minimum absolute atomic E-state index is 0.0249. The molecule has 1 aromatic heterocycles. The number of primary sulfonamides is 1. The minimum atomic E-state index is -3.78. The van der Waals surface area contributed by atoms with Crippen molar-refractivity contribution in [3.63, 3.8) is 0 Å². The Morgan fingerprint density at radius 3 is 2.36 bits per heavy atom. The molecule has 7 nitrogen and oxygen atoms in total. The molecule has 0 aliphatic heterocycles. The maximum atomic E-state index is 12.5. The zero-order valence-electron chi connectivity index (χ0n) is 12.8. The molecule has 0 saturated heterocycles. The Morgan fingerprint density at radius 2 is 1.72 bits per heavy atom. The van der Waals surface area contributed by atoms with Gasteiger partial charge < -0.3 is 4.98 Å². The number of alkyl halides is 1. The van der Waals surface area contributed by atoms with E-state index in [1.807, 2.05) is 0 Å². The van der Waals surface area contributed by atoms with E-state index in [4.69, 9.17) is 16.7 Å². The molecule has 0 saturated carbocycles. The lowest BCUT2D eigenvalue weighted by Gasteiger charge is -2.13. The average molecular weight is 380 g/mol. The predicted molar refractivity (Wildman–Crippen MR) is 95.2 cm³/mol. The molecule has 130 valence electrons. The smallest absolute Gasteiger partial charge is 0.307 e. The summed E-state index contributed by atoms with van der Waals surface area (Å²) in [5.74, 6) is 0. The molecule has 1 unspecified atom stereocenters. The predicted octanol–water partition coefficient (Wildman–Crippen LogP) is 1.32. The fourth-order valence-corrected chi connectivity index (χ4v) is 3.40. The molecule has 1 atom stereocenters. The van der Waals surface area contributed by atoms with E-state index >= 15 is 0 Å². The normalized spacial score (nSPS) is 13.0. The SMILES string of the molecule is NS(=O)(=O)c1ccc(CC(Cl)n2c(=O)[nH]c3ccccc3c2=O)cc1. The van der Waals surface area contributed by atoms with Gasteiger partial charge in [-0.15, -0.1) is 0 Å². The van der Waals surface area contributed by atoms with Crippen LogP contribution in [0.4, 0.5) is 0 Å². The summed E-state index contributed by atoms with van der Waals surface area (Å²) < 4.78 is 23.5. The van der Waals surface area contributed by atoms with Crippen molar-refractivity contribution in [3.8, 4) is 0 Å². The summed E-state index contributed by atoms with van der Waals surface area (Å²) in [6, 6.07) is 12.4. The molecule has 0 spiro atoms. The Labute approximate surface area is 147 Å². The van der Waals surface area contributed by atoms with Crippen molar-refractivity contribution in [1.82, 2.24) is 9.55 Å². The van der Waals surface area contributed by atoms with Crippen LogP contribution in [0.25, 0.3) is 10.9 Å². The second-order valence-electron chi connectivity index (χ2n) is 5.48. The van der Waals surface area contributed by atoms with E-state index in [1.165, 1.54) is 24.3 Å². The van der Waals surface area contributed by atoms with Crippen LogP contribution in [0, 0.1) is 0 Å². The van der Waals surface area contributed by atoms with Crippen molar-refractivity contribution in [2.24, 2.45) is 5.14 Å². The topological polar surface area (TPSA) is 115 Å². The van der Waals surface area contributed by atoms with Gasteiger partial charge in [0.2, 0.25) is 10.0 Å². The molecule has 25 heavy (non-hydrogen) atoms. The highest BCUT2D eigenvalue weighted by atomic mass is 35.5. The highest BCUT2D eigenvalue weighted by Gasteiger charge is 2.16. The first-order valence-electron chi connectivity index (χ1n) is 7.27. The zero-order valence-corrected chi connectivity index (χ0v) is 14.4. The molecule has 0 fully saturated rings. The molecule has 2 aromatic carbocycles. The first-order chi connectivity index (χ1) is 11.8. The van der Waals surface area contributed by atoms with Crippen LogP contribution in [0.5, 0.6) is 0 Å². The van der Waals surface area contributed by atoms with Crippen molar-refractivity contribution in [2.45, 2.75) is 16.8 Å². The maximum absolute atomic E-state index is 12.5. The maximum Gasteiger partial charge on any atom is 0.330 e. The number of nitrogens with two attached hydrogens (primary N) is 1. The zero-order chi connectivity index (χ0) is 18.2. The molecule has 0 amide bonds. The first kappa shape index (κ1) is 17.4. The number of sulfonamides is 1. The van der Waals surface area contributed by atoms with Gasteiger partial charge >= 0.3 is 5.69 Å². The van der Waals surface area contributed by atoms with Crippen molar-refractivity contribution in [2.75, 3.05) is 0 Å². The summed E-state index contributed by atoms with van der Waals surface area (Å²) >= 11 is 6.28. The number of halogens is 1. The molecule has 0 aliphatic carbocycles. The lowest BCUT2D eigenvalue weighted by atomic mass is 10.1. The molecular formula is C16H14ClN3O4S. The third kappa shape index (κ3) is 3.51. The number of para-hydroxylation sites is 1. The van der Waals surface area contributed by atoms with Crippen LogP contribution < -0.4 is 16.4 Å². The Balaban J connectivity index is 1.96. The van der Waals surface area contributed by atoms with Crippen molar-refractivity contribution in [3.05, 3.63) is 74.9 Å². The lowest BCUT2D eigenvalue weighted by Crippen LogP contribution is -2.37. The van der Waals surface area contributed by atoms with E-state index in [9.17, 15) is 18.0 Å². The van der Waals surface area contributed by atoms with E-state index in [0.29, 0.717) is 16.5 Å². The molecule has 0 bridgehead atoms. The number of hydrogen-bond donors (Lipinski definition) is 2. The summed E-state index contributed by atoms with van der Waals surface area (Å²) in [6.07, 6.45) is 0.160. The molecule has 3 aromatic rings. The number of nitrogens with one attached hydrogen (secondary N) is 1. The number of rotatable bonds is 4.